The molecule has 0 unspecified atom stereocenters. The minimum absolute atomic E-state index is 0.102. The Morgan fingerprint density at radius 2 is 1.90 bits per heavy atom. The molecular weight excluding hydrogens is 370 g/mol. The van der Waals surface area contributed by atoms with Crippen molar-refractivity contribution in [3.05, 3.63) is 65.5 Å². The van der Waals surface area contributed by atoms with E-state index in [1.807, 2.05) is 19.4 Å². The Hall–Kier alpha value is -1.71. The maximum Gasteiger partial charge on any atom is 0.0691 e. The first kappa shape index (κ1) is 20.2. The zero-order valence-corrected chi connectivity index (χ0v) is 18.3. The van der Waals surface area contributed by atoms with Crippen LogP contribution >= 0.6 is 0 Å². The van der Waals surface area contributed by atoms with Crippen LogP contribution < -0.4 is 0 Å². The number of methoxy groups -OCH3 is 1. The molecule has 3 heteroatoms. The van der Waals surface area contributed by atoms with Crippen LogP contribution in [-0.2, 0) is 21.3 Å². The third kappa shape index (κ3) is 3.71. The molecule has 1 aliphatic heterocycles. The van der Waals surface area contributed by atoms with Crippen LogP contribution in [0.5, 0.6) is 0 Å². The smallest absolute Gasteiger partial charge is 0.0691 e. The average Bonchev–Trinajstić information content (AvgIpc) is 3.39. The fourth-order valence-corrected chi connectivity index (χ4v) is 6.69. The second-order valence-electron chi connectivity index (χ2n) is 9.84. The van der Waals surface area contributed by atoms with Crippen molar-refractivity contribution in [3.8, 4) is 0 Å². The number of benzene rings is 1. The molecule has 2 aliphatic carbocycles. The summed E-state index contributed by atoms with van der Waals surface area (Å²) in [6, 6.07) is 15.4. The number of rotatable bonds is 6. The fraction of sp³-hybridized carbons (Fsp3) is 0.593. The number of pyridine rings is 1. The van der Waals surface area contributed by atoms with E-state index in [4.69, 9.17) is 14.5 Å². The monoisotopic (exact) mass is 405 g/mol. The summed E-state index contributed by atoms with van der Waals surface area (Å²) in [7, 11) is 1.88. The lowest BCUT2D eigenvalue weighted by molar-refractivity contribution is -0.105. The minimum atomic E-state index is 0.102. The van der Waals surface area contributed by atoms with Crippen LogP contribution in [0.3, 0.4) is 0 Å². The second kappa shape index (κ2) is 8.43. The summed E-state index contributed by atoms with van der Waals surface area (Å²) < 4.78 is 12.3. The largest absolute Gasteiger partial charge is 0.380 e. The summed E-state index contributed by atoms with van der Waals surface area (Å²) in [6.07, 6.45) is 14.3. The number of ether oxygens (including phenoxy) is 2. The normalized spacial score (nSPS) is 29.9. The van der Waals surface area contributed by atoms with Crippen LogP contribution in [-0.4, -0.2) is 30.4 Å². The van der Waals surface area contributed by atoms with Crippen LogP contribution in [0.15, 0.2) is 48.7 Å². The van der Waals surface area contributed by atoms with Crippen LogP contribution in [0, 0.1) is 0 Å². The molecule has 3 atom stereocenters. The highest BCUT2D eigenvalue weighted by atomic mass is 16.5. The van der Waals surface area contributed by atoms with Crippen molar-refractivity contribution < 1.29 is 9.47 Å². The lowest BCUT2D eigenvalue weighted by Crippen LogP contribution is -2.46. The number of fused-ring (bicyclic) bond motifs is 1. The van der Waals surface area contributed by atoms with Gasteiger partial charge in [0.2, 0.25) is 0 Å². The number of aromatic nitrogens is 1. The van der Waals surface area contributed by atoms with Gasteiger partial charge < -0.3 is 9.47 Å². The molecular formula is C27H35NO2. The third-order valence-corrected chi connectivity index (χ3v) is 8.17. The van der Waals surface area contributed by atoms with Crippen LogP contribution in [0.1, 0.15) is 80.5 Å². The highest BCUT2D eigenvalue weighted by Gasteiger charge is 2.48. The van der Waals surface area contributed by atoms with Gasteiger partial charge in [-0.2, -0.15) is 0 Å². The van der Waals surface area contributed by atoms with E-state index in [0.717, 1.165) is 25.9 Å². The maximum absolute atomic E-state index is 6.42. The molecule has 5 rings (SSSR count). The number of hydrogen-bond acceptors (Lipinski definition) is 3. The van der Waals surface area contributed by atoms with Gasteiger partial charge in [-0.25, -0.2) is 0 Å². The van der Waals surface area contributed by atoms with E-state index in [2.05, 4.69) is 36.4 Å². The maximum atomic E-state index is 6.42. The van der Waals surface area contributed by atoms with Crippen molar-refractivity contribution in [1.82, 2.24) is 4.98 Å². The molecule has 1 aromatic heterocycles. The zero-order chi connectivity index (χ0) is 20.4. The van der Waals surface area contributed by atoms with Crippen LogP contribution in [0.25, 0.3) is 0 Å². The summed E-state index contributed by atoms with van der Waals surface area (Å²) in [6.45, 7) is 0.879. The third-order valence-electron chi connectivity index (χ3n) is 8.17. The van der Waals surface area contributed by atoms with Crippen molar-refractivity contribution in [2.75, 3.05) is 13.7 Å². The van der Waals surface area contributed by atoms with Gasteiger partial charge in [-0.15, -0.1) is 0 Å². The van der Waals surface area contributed by atoms with E-state index in [1.54, 1.807) is 0 Å². The number of nitrogens with zero attached hydrogens (tertiary/aromatic N) is 1. The van der Waals surface area contributed by atoms with E-state index in [1.165, 1.54) is 61.8 Å². The van der Waals surface area contributed by atoms with Gasteiger partial charge in [0.05, 0.1) is 11.7 Å². The van der Waals surface area contributed by atoms with E-state index in [0.29, 0.717) is 12.0 Å². The van der Waals surface area contributed by atoms with Gasteiger partial charge in [-0.1, -0.05) is 49.6 Å². The van der Waals surface area contributed by atoms with Crippen molar-refractivity contribution >= 4 is 0 Å². The molecule has 1 saturated carbocycles. The van der Waals surface area contributed by atoms with Gasteiger partial charge in [0.1, 0.15) is 0 Å². The SMILES string of the molecule is CO[C@H]1Cc2ccccc2[C@@H]1CCC[C@@]1(c2ccccn2)CCOC2(CCCC2)C1. The van der Waals surface area contributed by atoms with Crippen molar-refractivity contribution in [1.29, 1.82) is 0 Å². The lowest BCUT2D eigenvalue weighted by Gasteiger charge is -2.46. The van der Waals surface area contributed by atoms with Gasteiger partial charge in [0.25, 0.3) is 0 Å². The molecule has 1 spiro atoms. The Balaban J connectivity index is 1.35. The van der Waals surface area contributed by atoms with E-state index in [-0.39, 0.29) is 11.0 Å². The Bertz CT molecular complexity index is 845. The highest BCUT2D eigenvalue weighted by molar-refractivity contribution is 5.37. The quantitative estimate of drug-likeness (QED) is 0.593. The van der Waals surface area contributed by atoms with Crippen molar-refractivity contribution in [2.45, 2.75) is 87.2 Å². The van der Waals surface area contributed by atoms with E-state index >= 15 is 0 Å². The molecule has 0 amide bonds. The minimum Gasteiger partial charge on any atom is -0.380 e. The molecule has 1 aromatic carbocycles. The Kier molecular flexibility index (Phi) is 5.68. The van der Waals surface area contributed by atoms with Gasteiger partial charge in [0.15, 0.2) is 0 Å². The topological polar surface area (TPSA) is 31.4 Å². The van der Waals surface area contributed by atoms with Gasteiger partial charge in [-0.05, 0) is 68.2 Å². The van der Waals surface area contributed by atoms with Crippen molar-refractivity contribution in [2.24, 2.45) is 0 Å². The Morgan fingerprint density at radius 1 is 1.07 bits per heavy atom. The standard InChI is InChI=1S/C27H35NO2/c1-29-24-19-21-9-2-3-10-22(21)23(24)11-8-13-26(25-12-4-7-17-28-25)16-18-30-27(20-26)14-5-6-15-27/h2-4,7,9-10,12,17,23-24H,5-6,8,11,13-16,18-20H2,1H3/t23-,24-,26+/m0/s1. The molecule has 3 nitrogen and oxygen atoms in total. The molecule has 0 N–H and O–H groups in total. The predicted octanol–water partition coefficient (Wildman–Crippen LogP) is 5.97. The molecule has 2 fully saturated rings. The number of hydrogen-bond donors (Lipinski definition) is 0. The van der Waals surface area contributed by atoms with Crippen molar-refractivity contribution in [3.63, 3.8) is 0 Å². The Labute approximate surface area is 181 Å². The van der Waals surface area contributed by atoms with E-state index in [9.17, 15) is 0 Å². The first-order valence-corrected chi connectivity index (χ1v) is 11.9. The summed E-state index contributed by atoms with van der Waals surface area (Å²) >= 11 is 0. The van der Waals surface area contributed by atoms with Crippen LogP contribution in [0.2, 0.25) is 0 Å². The Morgan fingerprint density at radius 3 is 2.70 bits per heavy atom. The first-order chi connectivity index (χ1) is 14.7. The van der Waals surface area contributed by atoms with Gasteiger partial charge >= 0.3 is 0 Å². The summed E-state index contributed by atoms with van der Waals surface area (Å²) in [5.74, 6) is 0.521. The summed E-state index contributed by atoms with van der Waals surface area (Å²) in [5, 5.41) is 0. The molecule has 0 bridgehead atoms. The van der Waals surface area contributed by atoms with E-state index < -0.39 is 0 Å². The van der Waals surface area contributed by atoms with Gasteiger partial charge in [0, 0.05) is 36.9 Å². The fourth-order valence-electron chi connectivity index (χ4n) is 6.69. The predicted molar refractivity (Wildman–Crippen MR) is 120 cm³/mol. The average molecular weight is 406 g/mol. The molecule has 2 heterocycles. The summed E-state index contributed by atoms with van der Waals surface area (Å²) in [5.41, 5.74) is 4.53. The molecule has 0 radical (unpaired) electrons. The molecule has 3 aliphatic rings. The highest BCUT2D eigenvalue weighted by Crippen LogP contribution is 2.51. The molecule has 1 saturated heterocycles. The molecule has 30 heavy (non-hydrogen) atoms. The molecule has 2 aromatic rings. The summed E-state index contributed by atoms with van der Waals surface area (Å²) in [4.78, 5) is 4.87. The lowest BCUT2D eigenvalue weighted by atomic mass is 9.67. The first-order valence-electron chi connectivity index (χ1n) is 11.9. The van der Waals surface area contributed by atoms with Crippen LogP contribution in [0.4, 0.5) is 0 Å². The zero-order valence-electron chi connectivity index (χ0n) is 18.3. The molecule has 160 valence electrons. The van der Waals surface area contributed by atoms with Gasteiger partial charge in [-0.3, -0.25) is 4.98 Å². The second-order valence-corrected chi connectivity index (χ2v) is 9.84.